The lowest BCUT2D eigenvalue weighted by molar-refractivity contribution is -0.122. The third kappa shape index (κ3) is 7.61. The molecule has 2 heterocycles. The zero-order chi connectivity index (χ0) is 26.1. The van der Waals surface area contributed by atoms with Gasteiger partial charge in [0.15, 0.2) is 0 Å². The lowest BCUT2D eigenvalue weighted by atomic mass is 10.1. The second-order valence-corrected chi connectivity index (χ2v) is 9.84. The number of carbonyl (C=O) groups is 2. The standard InChI is InChI=1S/C27H40FN5O3/c1-5-11-32-16-10-24(29-32)27(35)31-14-6-12-30(18-21(2)3)13-7-15-33(26(34)20-36-4)25-9-8-23(28)17-22(25)19-31/h8-10,16-17,21H,5-7,11-15,18-20H2,1-4H3. The Labute approximate surface area is 214 Å². The van der Waals surface area contributed by atoms with Crippen LogP contribution in [0, 0.1) is 11.7 Å². The van der Waals surface area contributed by atoms with E-state index in [1.165, 1.54) is 19.2 Å². The number of methoxy groups -OCH3 is 1. The van der Waals surface area contributed by atoms with Gasteiger partial charge in [-0.2, -0.15) is 5.10 Å². The Balaban J connectivity index is 1.97. The first-order valence-electron chi connectivity index (χ1n) is 12.9. The lowest BCUT2D eigenvalue weighted by Gasteiger charge is -2.32. The second-order valence-electron chi connectivity index (χ2n) is 9.84. The van der Waals surface area contributed by atoms with Gasteiger partial charge >= 0.3 is 0 Å². The van der Waals surface area contributed by atoms with Crippen LogP contribution in [0.1, 0.15) is 56.1 Å². The van der Waals surface area contributed by atoms with Crippen LogP contribution in [0.5, 0.6) is 0 Å². The van der Waals surface area contributed by atoms with Crippen molar-refractivity contribution in [1.82, 2.24) is 19.6 Å². The number of halogens is 1. The predicted octanol–water partition coefficient (Wildman–Crippen LogP) is 3.81. The molecule has 2 amide bonds. The van der Waals surface area contributed by atoms with Gasteiger partial charge in [-0.3, -0.25) is 14.3 Å². The van der Waals surface area contributed by atoms with Crippen molar-refractivity contribution in [2.75, 3.05) is 51.3 Å². The number of hydrogen-bond donors (Lipinski definition) is 0. The van der Waals surface area contributed by atoms with E-state index >= 15 is 0 Å². The molecule has 0 bridgehead atoms. The van der Waals surface area contributed by atoms with Crippen LogP contribution in [0.4, 0.5) is 10.1 Å². The molecule has 0 unspecified atom stereocenters. The fraction of sp³-hybridized carbons (Fsp3) is 0.593. The fourth-order valence-electron chi connectivity index (χ4n) is 4.72. The van der Waals surface area contributed by atoms with Crippen molar-refractivity contribution >= 4 is 17.5 Å². The van der Waals surface area contributed by atoms with Gasteiger partial charge in [0.2, 0.25) is 0 Å². The van der Waals surface area contributed by atoms with Crippen LogP contribution in [-0.2, 0) is 22.6 Å². The van der Waals surface area contributed by atoms with Gasteiger partial charge in [0, 0.05) is 51.7 Å². The van der Waals surface area contributed by atoms with E-state index < -0.39 is 5.82 Å². The third-order valence-corrected chi connectivity index (χ3v) is 6.24. The number of anilines is 1. The lowest BCUT2D eigenvalue weighted by Crippen LogP contribution is -2.40. The van der Waals surface area contributed by atoms with E-state index in [9.17, 15) is 14.0 Å². The highest BCUT2D eigenvalue weighted by Gasteiger charge is 2.25. The highest BCUT2D eigenvalue weighted by atomic mass is 19.1. The van der Waals surface area contributed by atoms with Gasteiger partial charge in [0.25, 0.3) is 11.8 Å². The van der Waals surface area contributed by atoms with Crippen molar-refractivity contribution in [3.63, 3.8) is 0 Å². The summed E-state index contributed by atoms with van der Waals surface area (Å²) in [5.74, 6) is -0.271. The molecule has 2 aromatic rings. The number of benzene rings is 1. The zero-order valence-corrected chi connectivity index (χ0v) is 22.1. The molecule has 0 radical (unpaired) electrons. The summed E-state index contributed by atoms with van der Waals surface area (Å²) in [4.78, 5) is 32.4. The summed E-state index contributed by atoms with van der Waals surface area (Å²) in [5, 5.41) is 4.46. The molecule has 9 heteroatoms. The Morgan fingerprint density at radius 1 is 1.11 bits per heavy atom. The largest absolute Gasteiger partial charge is 0.375 e. The summed E-state index contributed by atoms with van der Waals surface area (Å²) in [5.41, 5.74) is 1.59. The summed E-state index contributed by atoms with van der Waals surface area (Å²) >= 11 is 0. The third-order valence-electron chi connectivity index (χ3n) is 6.24. The van der Waals surface area contributed by atoms with E-state index in [0.29, 0.717) is 36.0 Å². The van der Waals surface area contributed by atoms with E-state index in [1.54, 1.807) is 26.6 Å². The zero-order valence-electron chi connectivity index (χ0n) is 22.1. The number of amides is 2. The first-order chi connectivity index (χ1) is 17.3. The molecule has 1 aliphatic rings. The van der Waals surface area contributed by atoms with E-state index in [4.69, 9.17) is 4.74 Å². The number of rotatable bonds is 7. The number of hydrogen-bond acceptors (Lipinski definition) is 5. The maximum atomic E-state index is 14.4. The molecule has 8 nitrogen and oxygen atoms in total. The first kappa shape index (κ1) is 27.8. The molecule has 198 valence electrons. The monoisotopic (exact) mass is 501 g/mol. The van der Waals surface area contributed by atoms with Crippen LogP contribution in [0.25, 0.3) is 0 Å². The molecule has 1 aliphatic heterocycles. The molecule has 0 aliphatic carbocycles. The topological polar surface area (TPSA) is 70.9 Å². The van der Waals surface area contributed by atoms with Crippen LogP contribution in [0.2, 0.25) is 0 Å². The van der Waals surface area contributed by atoms with Crippen molar-refractivity contribution in [2.24, 2.45) is 5.92 Å². The number of ether oxygens (including phenoxy) is 1. The molecule has 0 saturated heterocycles. The summed E-state index contributed by atoms with van der Waals surface area (Å²) < 4.78 is 21.3. The Morgan fingerprint density at radius 2 is 1.86 bits per heavy atom. The average Bonchev–Trinajstić information content (AvgIpc) is 3.29. The van der Waals surface area contributed by atoms with Crippen molar-refractivity contribution in [3.05, 3.63) is 47.5 Å². The van der Waals surface area contributed by atoms with Crippen LogP contribution in [0.3, 0.4) is 0 Å². The van der Waals surface area contributed by atoms with Gasteiger partial charge in [0.1, 0.15) is 18.1 Å². The van der Waals surface area contributed by atoms with E-state index in [1.807, 2.05) is 6.20 Å². The summed E-state index contributed by atoms with van der Waals surface area (Å²) in [6.45, 7) is 10.9. The fourth-order valence-corrected chi connectivity index (χ4v) is 4.72. The average molecular weight is 502 g/mol. The molecular weight excluding hydrogens is 461 g/mol. The second kappa shape index (κ2) is 13.5. The van der Waals surface area contributed by atoms with Crippen LogP contribution in [0.15, 0.2) is 30.5 Å². The number of aromatic nitrogens is 2. The van der Waals surface area contributed by atoms with Crippen LogP contribution in [-0.4, -0.2) is 77.8 Å². The smallest absolute Gasteiger partial charge is 0.274 e. The number of fused-ring (bicyclic) bond motifs is 1. The van der Waals surface area contributed by atoms with Gasteiger partial charge < -0.3 is 19.4 Å². The molecular formula is C27H40FN5O3. The molecule has 0 fully saturated rings. The molecule has 36 heavy (non-hydrogen) atoms. The van der Waals surface area contributed by atoms with Gasteiger partial charge in [-0.05, 0) is 68.1 Å². The normalized spacial score (nSPS) is 15.9. The molecule has 0 atom stereocenters. The molecule has 1 aromatic carbocycles. The van der Waals surface area contributed by atoms with Crippen LogP contribution < -0.4 is 4.90 Å². The van der Waals surface area contributed by atoms with Gasteiger partial charge in [-0.15, -0.1) is 0 Å². The van der Waals surface area contributed by atoms with Gasteiger partial charge in [-0.1, -0.05) is 20.8 Å². The van der Waals surface area contributed by atoms with Gasteiger partial charge in [0.05, 0.1) is 0 Å². The van der Waals surface area contributed by atoms with Crippen molar-refractivity contribution in [1.29, 1.82) is 0 Å². The summed E-state index contributed by atoms with van der Waals surface area (Å²) in [6, 6.07) is 6.16. The minimum absolute atomic E-state index is 0.0654. The molecule has 0 saturated carbocycles. The van der Waals surface area contributed by atoms with E-state index in [0.717, 1.165) is 45.4 Å². The summed E-state index contributed by atoms with van der Waals surface area (Å²) in [7, 11) is 1.49. The SMILES string of the molecule is CCCn1ccc(C(=O)N2CCCN(CC(C)C)CCCN(C(=O)COC)c3ccc(F)cc3C2)n1. The maximum absolute atomic E-state index is 14.4. The van der Waals surface area contributed by atoms with Gasteiger partial charge in [-0.25, -0.2) is 4.39 Å². The van der Waals surface area contributed by atoms with Crippen molar-refractivity contribution in [3.8, 4) is 0 Å². The first-order valence-corrected chi connectivity index (χ1v) is 12.9. The Hall–Kier alpha value is -2.78. The Kier molecular flexibility index (Phi) is 10.4. The number of aryl methyl sites for hydroxylation is 1. The number of carbonyl (C=O) groups excluding carboxylic acids is 2. The molecule has 0 N–H and O–H groups in total. The minimum Gasteiger partial charge on any atom is -0.375 e. The minimum atomic E-state index is -0.400. The quantitative estimate of drug-likeness (QED) is 0.577. The van der Waals surface area contributed by atoms with Crippen molar-refractivity contribution < 1.29 is 18.7 Å². The van der Waals surface area contributed by atoms with E-state index in [-0.39, 0.29) is 25.0 Å². The van der Waals surface area contributed by atoms with Crippen LogP contribution >= 0.6 is 0 Å². The Morgan fingerprint density at radius 3 is 2.56 bits per heavy atom. The summed E-state index contributed by atoms with van der Waals surface area (Å²) in [6.07, 6.45) is 4.32. The predicted molar refractivity (Wildman–Crippen MR) is 138 cm³/mol. The molecule has 1 aromatic heterocycles. The number of nitrogens with zero attached hydrogens (tertiary/aromatic N) is 5. The maximum Gasteiger partial charge on any atom is 0.274 e. The highest BCUT2D eigenvalue weighted by Crippen LogP contribution is 2.26. The molecule has 3 rings (SSSR count). The van der Waals surface area contributed by atoms with E-state index in [2.05, 4.69) is 30.8 Å². The Bertz CT molecular complexity index is 1010. The molecule has 0 spiro atoms. The van der Waals surface area contributed by atoms with Crippen molar-refractivity contribution in [2.45, 2.75) is 53.1 Å². The highest BCUT2D eigenvalue weighted by molar-refractivity contribution is 5.95.